The standard InChI is InChI=1S/C29H20Cl2N4O3S3/c1-14-26(40-15(2)32-14)24(36)22-23(20-9-5-7-16-6-3-4-8-19(16)20)35(27(38)25(22)37)28-33-34-29(41-28)39-13-17-10-11-18(30)12-21(17)31/h3-12,23,37H,13H2,1-2H3. The average molecular weight is 640 g/mol. The highest BCUT2D eigenvalue weighted by Crippen LogP contribution is 2.46. The van der Waals surface area contributed by atoms with Gasteiger partial charge in [-0.05, 0) is 47.9 Å². The van der Waals surface area contributed by atoms with Crippen LogP contribution in [0.3, 0.4) is 0 Å². The zero-order chi connectivity index (χ0) is 28.8. The zero-order valence-electron chi connectivity index (χ0n) is 21.6. The Bertz CT molecular complexity index is 1880. The summed E-state index contributed by atoms with van der Waals surface area (Å²) in [6, 6.07) is 17.8. The number of rotatable bonds is 7. The summed E-state index contributed by atoms with van der Waals surface area (Å²) in [5, 5.41) is 23.7. The van der Waals surface area contributed by atoms with Gasteiger partial charge in [-0.25, -0.2) is 4.98 Å². The number of aliphatic hydroxyl groups is 1. The van der Waals surface area contributed by atoms with Gasteiger partial charge >= 0.3 is 0 Å². The lowest BCUT2D eigenvalue weighted by Gasteiger charge is -2.25. The number of halogens is 2. The Hall–Kier alpha value is -3.28. The highest BCUT2D eigenvalue weighted by atomic mass is 35.5. The lowest BCUT2D eigenvalue weighted by atomic mass is 9.91. The molecule has 12 heteroatoms. The molecule has 0 bridgehead atoms. The van der Waals surface area contributed by atoms with Gasteiger partial charge in [0.05, 0.1) is 27.2 Å². The first-order valence-corrected chi connectivity index (χ1v) is 15.7. The number of benzene rings is 3. The topological polar surface area (TPSA) is 96.3 Å². The number of aryl methyl sites for hydroxylation is 2. The number of anilines is 1. The fourth-order valence-corrected chi connectivity index (χ4v) is 8.12. The van der Waals surface area contributed by atoms with Gasteiger partial charge in [0.25, 0.3) is 5.91 Å². The Labute approximate surface area is 257 Å². The molecule has 2 aromatic heterocycles. The molecule has 1 atom stereocenters. The third-order valence-corrected chi connectivity index (χ3v) is 10.4. The second kappa shape index (κ2) is 11.2. The molecule has 1 unspecified atom stereocenters. The minimum atomic E-state index is -0.917. The molecule has 7 nitrogen and oxygen atoms in total. The number of carbonyl (C=O) groups is 2. The van der Waals surface area contributed by atoms with Crippen molar-refractivity contribution in [3.63, 3.8) is 0 Å². The van der Waals surface area contributed by atoms with Gasteiger partial charge in [-0.1, -0.05) is 94.8 Å². The van der Waals surface area contributed by atoms with Crippen LogP contribution in [-0.2, 0) is 10.5 Å². The Morgan fingerprint density at radius 1 is 1.05 bits per heavy atom. The van der Waals surface area contributed by atoms with Crippen molar-refractivity contribution in [2.75, 3.05) is 4.90 Å². The SMILES string of the molecule is Cc1nc(C)c(C(=O)C2=C(O)C(=O)N(c3nnc(SCc4ccc(Cl)cc4Cl)s3)C2c2cccc3ccccc23)s1. The Morgan fingerprint density at radius 3 is 2.59 bits per heavy atom. The van der Waals surface area contributed by atoms with Gasteiger partial charge in [-0.2, -0.15) is 0 Å². The van der Waals surface area contributed by atoms with Crippen LogP contribution in [0.4, 0.5) is 5.13 Å². The van der Waals surface area contributed by atoms with Crippen molar-refractivity contribution < 1.29 is 14.7 Å². The van der Waals surface area contributed by atoms with Crippen molar-refractivity contribution >= 4 is 85.2 Å². The van der Waals surface area contributed by atoms with Crippen LogP contribution in [0.1, 0.15) is 37.5 Å². The minimum Gasteiger partial charge on any atom is -0.503 e. The Kier molecular flexibility index (Phi) is 7.60. The van der Waals surface area contributed by atoms with E-state index < -0.39 is 23.5 Å². The molecular formula is C29H20Cl2N4O3S3. The summed E-state index contributed by atoms with van der Waals surface area (Å²) in [5.41, 5.74) is 2.12. The molecule has 206 valence electrons. The Balaban J connectivity index is 1.42. The molecule has 3 heterocycles. The monoisotopic (exact) mass is 638 g/mol. The molecule has 0 fully saturated rings. The van der Waals surface area contributed by atoms with E-state index in [-0.39, 0.29) is 10.7 Å². The highest BCUT2D eigenvalue weighted by molar-refractivity contribution is 8.00. The quantitative estimate of drug-likeness (QED) is 0.109. The highest BCUT2D eigenvalue weighted by Gasteiger charge is 2.47. The van der Waals surface area contributed by atoms with E-state index in [1.165, 1.54) is 39.3 Å². The molecular weight excluding hydrogens is 619 g/mol. The molecule has 0 saturated carbocycles. The number of ketones is 1. The molecule has 5 aromatic rings. The molecule has 1 aliphatic heterocycles. The predicted octanol–water partition coefficient (Wildman–Crippen LogP) is 8.15. The maximum absolute atomic E-state index is 14.0. The number of hydrogen-bond acceptors (Lipinski definition) is 9. The first kappa shape index (κ1) is 27.9. The van der Waals surface area contributed by atoms with Gasteiger partial charge in [0, 0.05) is 15.8 Å². The second-order valence-electron chi connectivity index (χ2n) is 9.26. The molecule has 0 spiro atoms. The van der Waals surface area contributed by atoms with Crippen molar-refractivity contribution in [2.24, 2.45) is 0 Å². The van der Waals surface area contributed by atoms with E-state index in [0.717, 1.165) is 21.3 Å². The van der Waals surface area contributed by atoms with Crippen LogP contribution in [-0.4, -0.2) is 32.0 Å². The number of thiazole rings is 1. The average Bonchev–Trinajstić information content (AvgIpc) is 3.63. The van der Waals surface area contributed by atoms with Crippen molar-refractivity contribution in [2.45, 2.75) is 30.0 Å². The third kappa shape index (κ3) is 5.15. The molecule has 0 saturated heterocycles. The van der Waals surface area contributed by atoms with Crippen molar-refractivity contribution in [3.05, 3.63) is 109 Å². The largest absolute Gasteiger partial charge is 0.503 e. The first-order chi connectivity index (χ1) is 19.7. The van der Waals surface area contributed by atoms with Crippen LogP contribution in [0.25, 0.3) is 10.8 Å². The fraction of sp³-hybridized carbons (Fsp3) is 0.138. The van der Waals surface area contributed by atoms with E-state index in [1.54, 1.807) is 19.1 Å². The molecule has 0 aliphatic carbocycles. The number of Topliss-reactive ketones (excluding diaryl/α,β-unsaturated/α-hetero) is 1. The summed E-state index contributed by atoms with van der Waals surface area (Å²) in [6.45, 7) is 3.56. The summed E-state index contributed by atoms with van der Waals surface area (Å²) in [4.78, 5) is 33.8. The molecule has 1 N–H and O–H groups in total. The first-order valence-electron chi connectivity index (χ1n) is 12.4. The second-order valence-corrected chi connectivity index (χ2v) is 13.5. The molecule has 6 rings (SSSR count). The van der Waals surface area contributed by atoms with Crippen LogP contribution in [0, 0.1) is 13.8 Å². The smallest absolute Gasteiger partial charge is 0.296 e. The number of hydrogen-bond donors (Lipinski definition) is 1. The fourth-order valence-electron chi connectivity index (χ4n) is 4.82. The maximum Gasteiger partial charge on any atom is 0.296 e. The number of fused-ring (bicyclic) bond motifs is 1. The lowest BCUT2D eigenvalue weighted by Crippen LogP contribution is -2.31. The van der Waals surface area contributed by atoms with Crippen LogP contribution < -0.4 is 4.90 Å². The number of aliphatic hydroxyl groups excluding tert-OH is 1. The van der Waals surface area contributed by atoms with Gasteiger partial charge in [0.1, 0.15) is 0 Å². The summed E-state index contributed by atoms with van der Waals surface area (Å²) in [5.74, 6) is -1.23. The maximum atomic E-state index is 14.0. The summed E-state index contributed by atoms with van der Waals surface area (Å²) < 4.78 is 0.601. The van der Waals surface area contributed by atoms with E-state index in [2.05, 4.69) is 15.2 Å². The van der Waals surface area contributed by atoms with Crippen molar-refractivity contribution in [1.29, 1.82) is 0 Å². The number of carbonyl (C=O) groups excluding carboxylic acids is 2. The molecule has 1 aliphatic rings. The number of amides is 1. The number of thioether (sulfide) groups is 1. The molecule has 41 heavy (non-hydrogen) atoms. The van der Waals surface area contributed by atoms with E-state index in [4.69, 9.17) is 23.2 Å². The Morgan fingerprint density at radius 2 is 1.83 bits per heavy atom. The zero-order valence-corrected chi connectivity index (χ0v) is 25.6. The van der Waals surface area contributed by atoms with Crippen LogP contribution in [0.2, 0.25) is 10.0 Å². The molecule has 3 aromatic carbocycles. The number of aromatic nitrogens is 3. The predicted molar refractivity (Wildman–Crippen MR) is 166 cm³/mol. The van der Waals surface area contributed by atoms with Gasteiger partial charge in [0.15, 0.2) is 10.1 Å². The normalized spacial score (nSPS) is 15.4. The molecule has 0 radical (unpaired) electrons. The van der Waals surface area contributed by atoms with E-state index in [1.807, 2.05) is 55.5 Å². The lowest BCUT2D eigenvalue weighted by molar-refractivity contribution is -0.117. The van der Waals surface area contributed by atoms with E-state index in [9.17, 15) is 14.7 Å². The third-order valence-electron chi connectivity index (χ3n) is 6.65. The van der Waals surface area contributed by atoms with Crippen molar-refractivity contribution in [3.8, 4) is 0 Å². The number of nitrogens with zero attached hydrogens (tertiary/aromatic N) is 4. The van der Waals surface area contributed by atoms with Gasteiger partial charge in [-0.15, -0.1) is 21.5 Å². The van der Waals surface area contributed by atoms with Crippen LogP contribution >= 0.6 is 57.6 Å². The van der Waals surface area contributed by atoms with Gasteiger partial charge in [-0.3, -0.25) is 14.5 Å². The van der Waals surface area contributed by atoms with E-state index >= 15 is 0 Å². The summed E-state index contributed by atoms with van der Waals surface area (Å²) in [7, 11) is 0. The molecule has 1 amide bonds. The minimum absolute atomic E-state index is 0.00421. The van der Waals surface area contributed by atoms with Gasteiger partial charge < -0.3 is 5.11 Å². The van der Waals surface area contributed by atoms with E-state index in [0.29, 0.717) is 36.3 Å². The van der Waals surface area contributed by atoms with Crippen LogP contribution in [0.5, 0.6) is 0 Å². The van der Waals surface area contributed by atoms with Crippen molar-refractivity contribution in [1.82, 2.24) is 15.2 Å². The van der Waals surface area contributed by atoms with Crippen LogP contribution in [0.15, 0.2) is 76.3 Å². The summed E-state index contributed by atoms with van der Waals surface area (Å²) >= 11 is 16.2. The summed E-state index contributed by atoms with van der Waals surface area (Å²) in [6.07, 6.45) is 0. The van der Waals surface area contributed by atoms with Gasteiger partial charge in [0.2, 0.25) is 10.9 Å².